The van der Waals surface area contributed by atoms with E-state index in [0.29, 0.717) is 17.9 Å². The maximum absolute atomic E-state index is 12.3. The predicted octanol–water partition coefficient (Wildman–Crippen LogP) is 3.44. The quantitative estimate of drug-likeness (QED) is 0.508. The molecule has 0 saturated heterocycles. The van der Waals surface area contributed by atoms with Crippen LogP contribution in [0.1, 0.15) is 16.8 Å². The Bertz CT molecular complexity index is 1250. The van der Waals surface area contributed by atoms with Crippen LogP contribution >= 0.6 is 12.2 Å². The average Bonchev–Trinajstić information content (AvgIpc) is 3.39. The van der Waals surface area contributed by atoms with E-state index >= 15 is 0 Å². The van der Waals surface area contributed by atoms with Crippen molar-refractivity contribution >= 4 is 12.2 Å². The molecule has 0 amide bonds. The summed E-state index contributed by atoms with van der Waals surface area (Å²) in [4.78, 5) is 20.4. The highest BCUT2D eigenvalue weighted by Gasteiger charge is 2.23. The number of para-hydroxylation sites is 1. The highest BCUT2D eigenvalue weighted by molar-refractivity contribution is 7.71. The summed E-state index contributed by atoms with van der Waals surface area (Å²) in [6.07, 6.45) is 4.44. The number of aromatic nitrogens is 4. The normalized spacial score (nSPS) is 14.1. The molecular weight excluding hydrogens is 386 g/mol. The second-order valence-corrected chi connectivity index (χ2v) is 7.49. The largest absolute Gasteiger partial charge is 0.463 e. The third-order valence-corrected chi connectivity index (χ3v) is 5.35. The van der Waals surface area contributed by atoms with E-state index in [-0.39, 0.29) is 5.56 Å². The van der Waals surface area contributed by atoms with Crippen molar-refractivity contribution in [3.63, 3.8) is 0 Å². The summed E-state index contributed by atoms with van der Waals surface area (Å²) in [5.74, 6) is 0.731. The third kappa shape index (κ3) is 3.48. The molecule has 0 fully saturated rings. The summed E-state index contributed by atoms with van der Waals surface area (Å²) < 4.78 is 7.87. The van der Waals surface area contributed by atoms with Crippen LogP contribution in [0.3, 0.4) is 0 Å². The van der Waals surface area contributed by atoms with Crippen LogP contribution in [0, 0.1) is 4.77 Å². The molecule has 0 saturated carbocycles. The van der Waals surface area contributed by atoms with Crippen molar-refractivity contribution in [1.29, 1.82) is 0 Å². The first-order valence-electron chi connectivity index (χ1n) is 9.42. The van der Waals surface area contributed by atoms with Gasteiger partial charge in [0.2, 0.25) is 0 Å². The second-order valence-electron chi connectivity index (χ2n) is 7.09. The van der Waals surface area contributed by atoms with E-state index in [1.807, 2.05) is 53.3 Å². The first kappa shape index (κ1) is 17.8. The first-order valence-corrected chi connectivity index (χ1v) is 9.83. The van der Waals surface area contributed by atoms with E-state index in [1.165, 1.54) is 0 Å². The van der Waals surface area contributed by atoms with Crippen molar-refractivity contribution in [2.75, 3.05) is 6.54 Å². The molecule has 2 N–H and O–H groups in total. The van der Waals surface area contributed by atoms with Crippen LogP contribution < -0.4 is 5.56 Å². The number of benzene rings is 1. The number of hydrogen-bond donors (Lipinski definition) is 2. The third-order valence-electron chi connectivity index (χ3n) is 5.15. The van der Waals surface area contributed by atoms with Crippen molar-refractivity contribution in [2.45, 2.75) is 19.5 Å². The second kappa shape index (κ2) is 7.31. The molecule has 8 heteroatoms. The standard InChI is InChI=1S/C21H19N5O2S/c27-20-16-13-25(9-8-17(16)22-21(29)23-20)11-14-12-26(15-5-2-1-3-6-15)24-19(14)18-7-4-10-28-18/h1-7,10,12H,8-9,11,13H2,(H2,22,23,27,29). The highest BCUT2D eigenvalue weighted by Crippen LogP contribution is 2.26. The summed E-state index contributed by atoms with van der Waals surface area (Å²) in [6.45, 7) is 2.05. The van der Waals surface area contributed by atoms with Gasteiger partial charge in [0.1, 0.15) is 5.69 Å². The van der Waals surface area contributed by atoms with Crippen LogP contribution in [0.25, 0.3) is 17.1 Å². The van der Waals surface area contributed by atoms with Gasteiger partial charge in [-0.15, -0.1) is 0 Å². The van der Waals surface area contributed by atoms with E-state index in [2.05, 4.69) is 14.9 Å². The molecule has 7 nitrogen and oxygen atoms in total. The van der Waals surface area contributed by atoms with Crippen molar-refractivity contribution in [2.24, 2.45) is 0 Å². The fraction of sp³-hybridized carbons (Fsp3) is 0.190. The van der Waals surface area contributed by atoms with E-state index in [4.69, 9.17) is 21.7 Å². The van der Waals surface area contributed by atoms with Gasteiger partial charge < -0.3 is 9.40 Å². The van der Waals surface area contributed by atoms with Gasteiger partial charge in [-0.25, -0.2) is 4.68 Å². The zero-order valence-electron chi connectivity index (χ0n) is 15.6. The lowest BCUT2D eigenvalue weighted by atomic mass is 10.1. The van der Waals surface area contributed by atoms with Gasteiger partial charge in [0.25, 0.3) is 5.56 Å². The monoisotopic (exact) mass is 405 g/mol. The Kier molecular flexibility index (Phi) is 4.49. The molecule has 3 aromatic heterocycles. The molecule has 0 radical (unpaired) electrons. The van der Waals surface area contributed by atoms with Crippen molar-refractivity contribution in [3.8, 4) is 17.1 Å². The number of rotatable bonds is 4. The zero-order valence-corrected chi connectivity index (χ0v) is 16.4. The molecule has 4 heterocycles. The summed E-state index contributed by atoms with van der Waals surface area (Å²) in [7, 11) is 0. The topological polar surface area (TPSA) is 82.9 Å². The smallest absolute Gasteiger partial charge is 0.256 e. The Morgan fingerprint density at radius 2 is 2.00 bits per heavy atom. The van der Waals surface area contributed by atoms with Crippen molar-refractivity contribution < 1.29 is 4.42 Å². The number of furan rings is 1. The van der Waals surface area contributed by atoms with Gasteiger partial charge in [0, 0.05) is 43.5 Å². The van der Waals surface area contributed by atoms with Gasteiger partial charge in [-0.05, 0) is 36.5 Å². The molecule has 29 heavy (non-hydrogen) atoms. The van der Waals surface area contributed by atoms with Gasteiger partial charge in [0.05, 0.1) is 17.5 Å². The number of nitrogens with zero attached hydrogens (tertiary/aromatic N) is 3. The van der Waals surface area contributed by atoms with Crippen molar-refractivity contribution in [3.05, 3.63) is 86.9 Å². The van der Waals surface area contributed by atoms with Gasteiger partial charge in [0.15, 0.2) is 10.5 Å². The van der Waals surface area contributed by atoms with Crippen molar-refractivity contribution in [1.82, 2.24) is 24.6 Å². The molecule has 0 unspecified atom stereocenters. The Balaban J connectivity index is 1.49. The Hall–Kier alpha value is -3.23. The summed E-state index contributed by atoms with van der Waals surface area (Å²) in [6, 6.07) is 13.8. The lowest BCUT2D eigenvalue weighted by molar-refractivity contribution is 0.241. The number of hydrogen-bond acceptors (Lipinski definition) is 5. The fourth-order valence-electron chi connectivity index (χ4n) is 3.75. The zero-order chi connectivity index (χ0) is 19.8. The van der Waals surface area contributed by atoms with Gasteiger partial charge in [-0.2, -0.15) is 5.10 Å². The number of fused-ring (bicyclic) bond motifs is 1. The lowest BCUT2D eigenvalue weighted by Gasteiger charge is -2.27. The maximum atomic E-state index is 12.3. The first-order chi connectivity index (χ1) is 14.2. The minimum Gasteiger partial charge on any atom is -0.463 e. The minimum atomic E-state index is -0.111. The SMILES string of the molecule is O=c1[nH]c(=S)[nH]c2c1CN(Cc1cn(-c3ccccc3)nc1-c1ccco1)CC2. The fourth-order valence-corrected chi connectivity index (χ4v) is 3.96. The molecule has 1 aliphatic heterocycles. The summed E-state index contributed by atoms with van der Waals surface area (Å²) in [5, 5.41) is 4.77. The van der Waals surface area contributed by atoms with E-state index in [9.17, 15) is 4.79 Å². The molecule has 146 valence electrons. The van der Waals surface area contributed by atoms with Crippen LogP contribution in [0.2, 0.25) is 0 Å². The predicted molar refractivity (Wildman–Crippen MR) is 111 cm³/mol. The molecule has 0 atom stereocenters. The summed E-state index contributed by atoms with van der Waals surface area (Å²) >= 11 is 5.09. The van der Waals surface area contributed by atoms with E-state index in [1.54, 1.807) is 6.26 Å². The summed E-state index contributed by atoms with van der Waals surface area (Å²) in [5.41, 5.74) is 4.42. The van der Waals surface area contributed by atoms with Crippen LogP contribution in [0.4, 0.5) is 0 Å². The molecule has 4 aromatic rings. The number of H-pyrrole nitrogens is 2. The molecule has 0 aliphatic carbocycles. The van der Waals surface area contributed by atoms with Crippen LogP contribution in [0.15, 0.2) is 64.1 Å². The molecule has 5 rings (SSSR count). The van der Waals surface area contributed by atoms with Gasteiger partial charge in [-0.1, -0.05) is 18.2 Å². The Labute approximate surface area is 171 Å². The Morgan fingerprint density at radius 3 is 2.79 bits per heavy atom. The highest BCUT2D eigenvalue weighted by atomic mass is 32.1. The average molecular weight is 405 g/mol. The Morgan fingerprint density at radius 1 is 1.14 bits per heavy atom. The number of aromatic amines is 2. The molecular formula is C21H19N5O2S. The molecule has 1 aliphatic rings. The van der Waals surface area contributed by atoms with Crippen LogP contribution in [-0.2, 0) is 19.5 Å². The molecule has 1 aromatic carbocycles. The van der Waals surface area contributed by atoms with Gasteiger partial charge >= 0.3 is 0 Å². The van der Waals surface area contributed by atoms with E-state index < -0.39 is 0 Å². The van der Waals surface area contributed by atoms with E-state index in [0.717, 1.165) is 46.9 Å². The van der Waals surface area contributed by atoms with Crippen LogP contribution in [0.5, 0.6) is 0 Å². The minimum absolute atomic E-state index is 0.111. The lowest BCUT2D eigenvalue weighted by Crippen LogP contribution is -2.35. The molecule has 0 bridgehead atoms. The van der Waals surface area contributed by atoms with Gasteiger partial charge in [-0.3, -0.25) is 14.7 Å². The van der Waals surface area contributed by atoms with Crippen LogP contribution in [-0.4, -0.2) is 31.2 Å². The molecule has 0 spiro atoms. The number of nitrogens with one attached hydrogen (secondary N) is 2. The maximum Gasteiger partial charge on any atom is 0.256 e.